The van der Waals surface area contributed by atoms with E-state index in [0.717, 1.165) is 10.3 Å². The van der Waals surface area contributed by atoms with Crippen LogP contribution in [0.25, 0.3) is 0 Å². The van der Waals surface area contributed by atoms with E-state index >= 15 is 0 Å². The average Bonchev–Trinajstić information content (AvgIpc) is 2.59. The number of β-amino-alcohol motifs (C(OH)–C–C–N with tert-alkyl or cyclic N) is 1. The molecule has 22 heavy (non-hydrogen) atoms. The number of aromatic nitrogens is 1. The molecule has 1 fully saturated rings. The molecule has 0 bridgehead atoms. The molecule has 6 nitrogen and oxygen atoms in total. The van der Waals surface area contributed by atoms with E-state index in [0.29, 0.717) is 19.6 Å². The predicted molar refractivity (Wildman–Crippen MR) is 88.0 cm³/mol. The van der Waals surface area contributed by atoms with Crippen LogP contribution in [-0.2, 0) is 4.74 Å². The minimum atomic E-state index is -0.638. The third-order valence-corrected chi connectivity index (χ3v) is 3.66. The van der Waals surface area contributed by atoms with Gasteiger partial charge in [-0.2, -0.15) is 0 Å². The maximum atomic E-state index is 12.2. The van der Waals surface area contributed by atoms with Crippen molar-refractivity contribution in [1.82, 2.24) is 9.88 Å². The van der Waals surface area contributed by atoms with Gasteiger partial charge in [0.15, 0.2) is 0 Å². The summed E-state index contributed by atoms with van der Waals surface area (Å²) in [7, 11) is 0. The van der Waals surface area contributed by atoms with Gasteiger partial charge >= 0.3 is 6.09 Å². The number of pyridine rings is 1. The molecule has 0 aromatic carbocycles. The van der Waals surface area contributed by atoms with Gasteiger partial charge in [-0.25, -0.2) is 9.78 Å². The number of carbonyl (C=O) groups is 1. The number of hydrogen-bond acceptors (Lipinski definition) is 5. The highest BCUT2D eigenvalue weighted by molar-refractivity contribution is 9.10. The fraction of sp³-hybridized carbons (Fsp3) is 0.600. The maximum absolute atomic E-state index is 12.2. The van der Waals surface area contributed by atoms with Crippen LogP contribution in [0.3, 0.4) is 0 Å². The number of hydrogen-bond donors (Lipinski definition) is 1. The number of halogens is 1. The SMILES string of the molecule is CC(C)(C)OC(=O)N1CCN(c2ccc(Br)cn2)CC(O)C1. The number of anilines is 1. The number of rotatable bonds is 1. The number of carbonyl (C=O) groups excluding carboxylic acids is 1. The molecule has 1 aromatic heterocycles. The van der Waals surface area contributed by atoms with Crippen LogP contribution in [0.2, 0.25) is 0 Å². The topological polar surface area (TPSA) is 65.9 Å². The monoisotopic (exact) mass is 371 g/mol. The van der Waals surface area contributed by atoms with Crippen molar-refractivity contribution in [2.24, 2.45) is 0 Å². The zero-order valence-electron chi connectivity index (χ0n) is 13.1. The Hall–Kier alpha value is -1.34. The Kier molecular flexibility index (Phi) is 5.28. The molecule has 0 spiro atoms. The Labute approximate surface area is 139 Å². The first kappa shape index (κ1) is 17.0. The molecule has 1 aromatic rings. The van der Waals surface area contributed by atoms with Crippen molar-refractivity contribution in [3.63, 3.8) is 0 Å². The zero-order chi connectivity index (χ0) is 16.3. The van der Waals surface area contributed by atoms with E-state index < -0.39 is 17.8 Å². The van der Waals surface area contributed by atoms with Gasteiger partial charge in [-0.3, -0.25) is 0 Å². The van der Waals surface area contributed by atoms with Crippen molar-refractivity contribution < 1.29 is 14.6 Å². The fourth-order valence-electron chi connectivity index (χ4n) is 2.25. The minimum absolute atomic E-state index is 0.266. The molecule has 1 saturated heterocycles. The molecule has 0 aliphatic carbocycles. The van der Waals surface area contributed by atoms with Crippen molar-refractivity contribution in [2.75, 3.05) is 31.1 Å². The quantitative estimate of drug-likeness (QED) is 0.819. The third kappa shape index (κ3) is 4.84. The molecule has 122 valence electrons. The van der Waals surface area contributed by atoms with Crippen LogP contribution in [-0.4, -0.2) is 59.0 Å². The molecule has 2 rings (SSSR count). The smallest absolute Gasteiger partial charge is 0.410 e. The van der Waals surface area contributed by atoms with Gasteiger partial charge in [0.25, 0.3) is 0 Å². The van der Waals surface area contributed by atoms with Crippen molar-refractivity contribution in [1.29, 1.82) is 0 Å². The third-order valence-electron chi connectivity index (χ3n) is 3.19. The Morgan fingerprint density at radius 2 is 2.09 bits per heavy atom. The van der Waals surface area contributed by atoms with Gasteiger partial charge in [-0.1, -0.05) is 0 Å². The Balaban J connectivity index is 2.04. The second-order valence-electron chi connectivity index (χ2n) is 6.36. The Morgan fingerprint density at radius 1 is 1.36 bits per heavy atom. The largest absolute Gasteiger partial charge is 0.444 e. The maximum Gasteiger partial charge on any atom is 0.410 e. The number of ether oxygens (including phenoxy) is 1. The molecule has 1 atom stereocenters. The second-order valence-corrected chi connectivity index (χ2v) is 7.28. The van der Waals surface area contributed by atoms with E-state index in [1.807, 2.05) is 37.8 Å². The van der Waals surface area contributed by atoms with Crippen LogP contribution < -0.4 is 4.90 Å². The van der Waals surface area contributed by atoms with Gasteiger partial charge in [-0.05, 0) is 48.8 Å². The van der Waals surface area contributed by atoms with Gasteiger partial charge in [0.2, 0.25) is 0 Å². The molecule has 2 heterocycles. The van der Waals surface area contributed by atoms with E-state index in [-0.39, 0.29) is 6.54 Å². The summed E-state index contributed by atoms with van der Waals surface area (Å²) in [6.45, 7) is 7.29. The van der Waals surface area contributed by atoms with Crippen LogP contribution in [0.15, 0.2) is 22.8 Å². The first-order valence-corrected chi connectivity index (χ1v) is 8.06. The highest BCUT2D eigenvalue weighted by Gasteiger charge is 2.28. The first-order valence-electron chi connectivity index (χ1n) is 7.27. The van der Waals surface area contributed by atoms with Crippen LogP contribution >= 0.6 is 15.9 Å². The number of amides is 1. The summed E-state index contributed by atoms with van der Waals surface area (Å²) in [6.07, 6.45) is 0.691. The highest BCUT2D eigenvalue weighted by Crippen LogP contribution is 2.18. The fourth-order valence-corrected chi connectivity index (χ4v) is 2.48. The highest BCUT2D eigenvalue weighted by atomic mass is 79.9. The molecule has 1 aliphatic heterocycles. The van der Waals surface area contributed by atoms with E-state index in [1.54, 1.807) is 11.1 Å². The van der Waals surface area contributed by atoms with Crippen LogP contribution in [0, 0.1) is 0 Å². The summed E-state index contributed by atoms with van der Waals surface area (Å²) in [6, 6.07) is 3.80. The summed E-state index contributed by atoms with van der Waals surface area (Å²) in [5.41, 5.74) is -0.540. The number of aliphatic hydroxyl groups is 1. The predicted octanol–water partition coefficient (Wildman–Crippen LogP) is 2.26. The summed E-state index contributed by atoms with van der Waals surface area (Å²) in [5.74, 6) is 0.785. The minimum Gasteiger partial charge on any atom is -0.444 e. The van der Waals surface area contributed by atoms with Crippen molar-refractivity contribution in [2.45, 2.75) is 32.5 Å². The zero-order valence-corrected chi connectivity index (χ0v) is 14.7. The van der Waals surface area contributed by atoms with E-state index in [9.17, 15) is 9.90 Å². The summed E-state index contributed by atoms with van der Waals surface area (Å²) in [4.78, 5) is 20.0. The lowest BCUT2D eigenvalue weighted by Crippen LogP contribution is -2.41. The Bertz CT molecular complexity index is 516. The van der Waals surface area contributed by atoms with Crippen LogP contribution in [0.4, 0.5) is 10.6 Å². The molecule has 1 aliphatic rings. The van der Waals surface area contributed by atoms with Gasteiger partial charge in [0.1, 0.15) is 11.4 Å². The summed E-state index contributed by atoms with van der Waals surface area (Å²) in [5, 5.41) is 10.2. The van der Waals surface area contributed by atoms with Crippen molar-refractivity contribution in [3.8, 4) is 0 Å². The molecular weight excluding hydrogens is 350 g/mol. The molecule has 1 amide bonds. The van der Waals surface area contributed by atoms with Gasteiger partial charge in [0, 0.05) is 30.3 Å². The molecule has 1 N–H and O–H groups in total. The second kappa shape index (κ2) is 6.83. The Morgan fingerprint density at radius 3 is 2.68 bits per heavy atom. The molecule has 0 radical (unpaired) electrons. The van der Waals surface area contributed by atoms with Gasteiger partial charge < -0.3 is 19.6 Å². The normalized spacial score (nSPS) is 19.8. The van der Waals surface area contributed by atoms with Crippen LogP contribution in [0.5, 0.6) is 0 Å². The van der Waals surface area contributed by atoms with Gasteiger partial charge in [0.05, 0.1) is 12.6 Å². The average molecular weight is 372 g/mol. The van der Waals surface area contributed by atoms with Crippen molar-refractivity contribution in [3.05, 3.63) is 22.8 Å². The van der Waals surface area contributed by atoms with Crippen molar-refractivity contribution >= 4 is 27.8 Å². The van der Waals surface area contributed by atoms with Gasteiger partial charge in [-0.15, -0.1) is 0 Å². The van der Waals surface area contributed by atoms with E-state index in [4.69, 9.17) is 4.74 Å². The van der Waals surface area contributed by atoms with Crippen LogP contribution in [0.1, 0.15) is 20.8 Å². The molecule has 7 heteroatoms. The summed E-state index contributed by atoms with van der Waals surface area (Å²) < 4.78 is 6.28. The van der Waals surface area contributed by atoms with E-state index in [2.05, 4.69) is 20.9 Å². The molecule has 1 unspecified atom stereocenters. The standard InChI is InChI=1S/C15H22BrN3O3/c1-15(2,3)22-14(21)19-7-6-18(9-12(20)10-19)13-5-4-11(16)8-17-13/h4-5,8,12,20H,6-7,9-10H2,1-3H3. The lowest BCUT2D eigenvalue weighted by atomic mass is 10.2. The molecular formula is C15H22BrN3O3. The summed E-state index contributed by atoms with van der Waals surface area (Å²) >= 11 is 3.35. The van der Waals surface area contributed by atoms with E-state index in [1.165, 1.54) is 0 Å². The lowest BCUT2D eigenvalue weighted by molar-refractivity contribution is 0.0186. The number of nitrogens with zero attached hydrogens (tertiary/aromatic N) is 3. The number of aliphatic hydroxyl groups excluding tert-OH is 1. The first-order chi connectivity index (χ1) is 10.2. The molecule has 0 saturated carbocycles. The lowest BCUT2D eigenvalue weighted by Gasteiger charge is -2.26.